The number of benzene rings is 1. The molecule has 0 fully saturated rings. The first-order valence-electron chi connectivity index (χ1n) is 6.00. The Balaban J connectivity index is 2.44. The van der Waals surface area contributed by atoms with Crippen molar-refractivity contribution in [3.63, 3.8) is 0 Å². The Kier molecular flexibility index (Phi) is 1.87. The number of ether oxygens (including phenoxy) is 1. The van der Waals surface area contributed by atoms with Crippen LogP contribution in [0.3, 0.4) is 0 Å². The third-order valence-electron chi connectivity index (χ3n) is 3.47. The van der Waals surface area contributed by atoms with Crippen LogP contribution in [-0.4, -0.2) is 16.5 Å². The molecule has 4 nitrogen and oxygen atoms in total. The Morgan fingerprint density at radius 3 is 2.79 bits per heavy atom. The number of fused-ring (bicyclic) bond motifs is 3. The van der Waals surface area contributed by atoms with Gasteiger partial charge in [0, 0.05) is 22.9 Å². The number of pyridine rings is 2. The Morgan fingerprint density at radius 1 is 1.11 bits per heavy atom. The molecule has 0 N–H and O–H groups in total. The SMILES string of the molecule is COc1cc2c3ccccc3n3c(=O)ccc(n1)c23. The number of hydrogen-bond acceptors (Lipinski definition) is 3. The molecule has 0 aliphatic rings. The van der Waals surface area contributed by atoms with Gasteiger partial charge in [-0.1, -0.05) is 18.2 Å². The van der Waals surface area contributed by atoms with Gasteiger partial charge in [-0.3, -0.25) is 9.20 Å². The summed E-state index contributed by atoms with van der Waals surface area (Å²) in [5.74, 6) is 0.560. The van der Waals surface area contributed by atoms with Gasteiger partial charge in [-0.2, -0.15) is 0 Å². The van der Waals surface area contributed by atoms with E-state index in [2.05, 4.69) is 4.98 Å². The van der Waals surface area contributed by atoms with E-state index in [1.54, 1.807) is 23.6 Å². The van der Waals surface area contributed by atoms with Crippen LogP contribution in [0.5, 0.6) is 5.88 Å². The molecule has 0 saturated heterocycles. The molecule has 0 aliphatic heterocycles. The summed E-state index contributed by atoms with van der Waals surface area (Å²) in [4.78, 5) is 16.5. The summed E-state index contributed by atoms with van der Waals surface area (Å²) in [6.07, 6.45) is 0. The summed E-state index contributed by atoms with van der Waals surface area (Å²) in [6.45, 7) is 0. The highest BCUT2D eigenvalue weighted by atomic mass is 16.5. The van der Waals surface area contributed by atoms with Crippen LogP contribution < -0.4 is 10.3 Å². The van der Waals surface area contributed by atoms with Crippen LogP contribution >= 0.6 is 0 Å². The van der Waals surface area contributed by atoms with E-state index >= 15 is 0 Å². The summed E-state index contributed by atoms with van der Waals surface area (Å²) in [5.41, 5.74) is 2.49. The second-order valence-corrected chi connectivity index (χ2v) is 4.47. The van der Waals surface area contributed by atoms with Crippen LogP contribution in [0.15, 0.2) is 47.3 Å². The Hall–Kier alpha value is -2.62. The first kappa shape index (κ1) is 10.3. The van der Waals surface area contributed by atoms with Crippen LogP contribution in [0.2, 0.25) is 0 Å². The van der Waals surface area contributed by atoms with Gasteiger partial charge in [0.1, 0.15) is 0 Å². The van der Waals surface area contributed by atoms with Gasteiger partial charge in [0.15, 0.2) is 0 Å². The molecule has 3 aromatic heterocycles. The van der Waals surface area contributed by atoms with Gasteiger partial charge in [-0.05, 0) is 12.1 Å². The third-order valence-corrected chi connectivity index (χ3v) is 3.47. The number of nitrogens with zero attached hydrogens (tertiary/aromatic N) is 2. The minimum absolute atomic E-state index is 0.0364. The first-order chi connectivity index (χ1) is 9.29. The summed E-state index contributed by atoms with van der Waals surface area (Å²) in [7, 11) is 1.60. The lowest BCUT2D eigenvalue weighted by molar-refractivity contribution is 0.400. The zero-order valence-electron chi connectivity index (χ0n) is 10.3. The van der Waals surface area contributed by atoms with Gasteiger partial charge >= 0.3 is 0 Å². The van der Waals surface area contributed by atoms with E-state index in [1.165, 1.54) is 0 Å². The summed E-state index contributed by atoms with van der Waals surface area (Å²) in [5, 5.41) is 2.03. The van der Waals surface area contributed by atoms with Gasteiger partial charge in [-0.15, -0.1) is 0 Å². The van der Waals surface area contributed by atoms with Gasteiger partial charge in [0.2, 0.25) is 5.88 Å². The molecule has 0 spiro atoms. The summed E-state index contributed by atoms with van der Waals surface area (Å²) in [6, 6.07) is 13.0. The van der Waals surface area contributed by atoms with Gasteiger partial charge in [-0.25, -0.2) is 4.98 Å². The van der Waals surface area contributed by atoms with Crippen LogP contribution in [0.1, 0.15) is 0 Å². The predicted octanol–water partition coefficient (Wildman–Crippen LogP) is 2.45. The van der Waals surface area contributed by atoms with Crippen molar-refractivity contribution in [3.8, 4) is 5.88 Å². The van der Waals surface area contributed by atoms with Crippen LogP contribution in [-0.2, 0) is 0 Å². The molecular formula is C15H10N2O2. The standard InChI is InChI=1S/C15H10N2O2/c1-19-13-8-10-9-4-2-3-5-12(9)17-14(18)7-6-11(16-13)15(10)17/h2-8H,1H3. The molecule has 0 aliphatic carbocycles. The maximum Gasteiger partial charge on any atom is 0.255 e. The maximum atomic E-state index is 12.1. The third kappa shape index (κ3) is 1.23. The minimum Gasteiger partial charge on any atom is -0.481 e. The Morgan fingerprint density at radius 2 is 1.95 bits per heavy atom. The zero-order valence-corrected chi connectivity index (χ0v) is 10.3. The van der Waals surface area contributed by atoms with E-state index in [9.17, 15) is 4.79 Å². The molecule has 4 aromatic rings. The average Bonchev–Trinajstić information content (AvgIpc) is 2.79. The van der Waals surface area contributed by atoms with Crippen LogP contribution in [0.25, 0.3) is 27.3 Å². The molecule has 1 aromatic carbocycles. The zero-order chi connectivity index (χ0) is 13.0. The molecule has 4 rings (SSSR count). The highest BCUT2D eigenvalue weighted by Gasteiger charge is 2.14. The van der Waals surface area contributed by atoms with Crippen molar-refractivity contribution in [2.45, 2.75) is 0 Å². The van der Waals surface area contributed by atoms with Crippen molar-refractivity contribution in [2.75, 3.05) is 7.11 Å². The molecule has 92 valence electrons. The maximum absolute atomic E-state index is 12.1. The molecule has 4 heteroatoms. The molecule has 0 bridgehead atoms. The highest BCUT2D eigenvalue weighted by molar-refractivity contribution is 6.13. The molecule has 0 unspecified atom stereocenters. The quantitative estimate of drug-likeness (QED) is 0.521. The molecule has 0 radical (unpaired) electrons. The van der Waals surface area contributed by atoms with Crippen molar-refractivity contribution in [1.82, 2.24) is 9.38 Å². The van der Waals surface area contributed by atoms with Crippen molar-refractivity contribution >= 4 is 27.3 Å². The molecule has 0 atom stereocenters. The number of hydrogen-bond donors (Lipinski definition) is 0. The minimum atomic E-state index is -0.0364. The van der Waals surface area contributed by atoms with Crippen molar-refractivity contribution in [3.05, 3.63) is 52.8 Å². The van der Waals surface area contributed by atoms with Crippen molar-refractivity contribution in [1.29, 1.82) is 0 Å². The first-order valence-corrected chi connectivity index (χ1v) is 6.00. The lowest BCUT2D eigenvalue weighted by atomic mass is 10.2. The fourth-order valence-electron chi connectivity index (χ4n) is 2.67. The van der Waals surface area contributed by atoms with E-state index in [0.29, 0.717) is 5.88 Å². The largest absolute Gasteiger partial charge is 0.481 e. The molecule has 0 saturated carbocycles. The summed E-state index contributed by atoms with van der Waals surface area (Å²) >= 11 is 0. The molecule has 0 amide bonds. The number of methoxy groups -OCH3 is 1. The number of rotatable bonds is 1. The van der Waals surface area contributed by atoms with E-state index < -0.39 is 0 Å². The number of aromatic nitrogens is 2. The normalized spacial score (nSPS) is 11.6. The Bertz CT molecular complexity index is 972. The number of para-hydroxylation sites is 1. The topological polar surface area (TPSA) is 43.6 Å². The fraction of sp³-hybridized carbons (Fsp3) is 0.0667. The van der Waals surface area contributed by atoms with Crippen molar-refractivity contribution in [2.24, 2.45) is 0 Å². The lowest BCUT2D eigenvalue weighted by Gasteiger charge is -2.02. The van der Waals surface area contributed by atoms with Gasteiger partial charge in [0.05, 0.1) is 23.7 Å². The fourth-order valence-corrected chi connectivity index (χ4v) is 2.67. The lowest BCUT2D eigenvalue weighted by Crippen LogP contribution is -2.10. The average molecular weight is 250 g/mol. The van der Waals surface area contributed by atoms with E-state index in [0.717, 1.165) is 27.3 Å². The highest BCUT2D eigenvalue weighted by Crippen LogP contribution is 2.31. The van der Waals surface area contributed by atoms with E-state index in [4.69, 9.17) is 4.74 Å². The molecule has 19 heavy (non-hydrogen) atoms. The van der Waals surface area contributed by atoms with E-state index in [-0.39, 0.29) is 5.56 Å². The van der Waals surface area contributed by atoms with Crippen LogP contribution in [0.4, 0.5) is 0 Å². The second kappa shape index (κ2) is 3.45. The van der Waals surface area contributed by atoms with Crippen LogP contribution in [0, 0.1) is 0 Å². The van der Waals surface area contributed by atoms with E-state index in [1.807, 2.05) is 30.3 Å². The van der Waals surface area contributed by atoms with Gasteiger partial charge < -0.3 is 4.74 Å². The monoisotopic (exact) mass is 250 g/mol. The second-order valence-electron chi connectivity index (χ2n) is 4.47. The van der Waals surface area contributed by atoms with Gasteiger partial charge in [0.25, 0.3) is 5.56 Å². The molecule has 3 heterocycles. The summed E-state index contributed by atoms with van der Waals surface area (Å²) < 4.78 is 6.95. The predicted molar refractivity (Wildman–Crippen MR) is 74.2 cm³/mol. The Labute approximate surface area is 108 Å². The smallest absolute Gasteiger partial charge is 0.255 e. The molecular weight excluding hydrogens is 240 g/mol. The van der Waals surface area contributed by atoms with Crippen molar-refractivity contribution < 1.29 is 4.74 Å².